The molecule has 3 nitrogen and oxygen atoms in total. The van der Waals surface area contributed by atoms with Crippen molar-refractivity contribution in [2.75, 3.05) is 0 Å². The van der Waals surface area contributed by atoms with Crippen molar-refractivity contribution in [1.82, 2.24) is 0 Å². The van der Waals surface area contributed by atoms with Gasteiger partial charge >= 0.3 is 11.9 Å². The third-order valence-electron chi connectivity index (χ3n) is 5.27. The smallest absolute Gasteiger partial charge is 0.320 e. The Hall–Kier alpha value is -0.860. The third kappa shape index (κ3) is 7.50. The summed E-state index contributed by atoms with van der Waals surface area (Å²) < 4.78 is 4.68. The first-order valence-corrected chi connectivity index (χ1v) is 9.54. The number of carbonyl (C=O) groups is 2. The summed E-state index contributed by atoms with van der Waals surface area (Å²) >= 11 is 0. The largest absolute Gasteiger partial charge is 0.393 e. The van der Waals surface area contributed by atoms with Crippen LogP contribution in [0.1, 0.15) is 105 Å². The molecule has 1 atom stereocenters. The second kappa shape index (κ2) is 9.44. The van der Waals surface area contributed by atoms with Crippen LogP contribution in [0.3, 0.4) is 0 Å². The van der Waals surface area contributed by atoms with Crippen molar-refractivity contribution in [3.05, 3.63) is 0 Å². The molecule has 1 aliphatic rings. The van der Waals surface area contributed by atoms with Crippen LogP contribution in [0.15, 0.2) is 0 Å². The Morgan fingerprint density at radius 3 is 2.04 bits per heavy atom. The molecule has 0 radical (unpaired) electrons. The van der Waals surface area contributed by atoms with Crippen LogP contribution >= 0.6 is 0 Å². The standard InChI is InChI=1S/C20H36O3/c1-5-6-7-8-10-13-19(2,3)14-11-9-12-15-20(4)16-17(21)23-18(20)22/h5-16H2,1-4H3. The summed E-state index contributed by atoms with van der Waals surface area (Å²) in [5.41, 5.74) is -0.135. The first kappa shape index (κ1) is 20.2. The van der Waals surface area contributed by atoms with Crippen LogP contribution < -0.4 is 0 Å². The summed E-state index contributed by atoms with van der Waals surface area (Å²) in [5, 5.41) is 0. The first-order valence-electron chi connectivity index (χ1n) is 9.54. The summed E-state index contributed by atoms with van der Waals surface area (Å²) in [4.78, 5) is 22.9. The lowest BCUT2D eigenvalue weighted by Crippen LogP contribution is -2.22. The molecule has 23 heavy (non-hydrogen) atoms. The van der Waals surface area contributed by atoms with E-state index in [9.17, 15) is 9.59 Å². The summed E-state index contributed by atoms with van der Waals surface area (Å²) in [6.45, 7) is 8.87. The lowest BCUT2D eigenvalue weighted by Gasteiger charge is -2.25. The number of ether oxygens (including phenoxy) is 1. The van der Waals surface area contributed by atoms with Crippen LogP contribution in [0.25, 0.3) is 0 Å². The predicted octanol–water partition coefficient (Wildman–Crippen LogP) is 5.80. The molecular formula is C20H36O3. The third-order valence-corrected chi connectivity index (χ3v) is 5.27. The van der Waals surface area contributed by atoms with Gasteiger partial charge in [-0.15, -0.1) is 0 Å². The number of hydrogen-bond donors (Lipinski definition) is 0. The highest BCUT2D eigenvalue weighted by atomic mass is 16.6. The van der Waals surface area contributed by atoms with Gasteiger partial charge in [-0.2, -0.15) is 0 Å². The fourth-order valence-electron chi connectivity index (χ4n) is 3.47. The van der Waals surface area contributed by atoms with Gasteiger partial charge in [0, 0.05) is 0 Å². The Labute approximate surface area is 142 Å². The molecule has 0 N–H and O–H groups in total. The van der Waals surface area contributed by atoms with E-state index >= 15 is 0 Å². The second-order valence-electron chi connectivity index (χ2n) is 8.39. The van der Waals surface area contributed by atoms with E-state index < -0.39 is 5.41 Å². The van der Waals surface area contributed by atoms with Crippen molar-refractivity contribution < 1.29 is 14.3 Å². The fraction of sp³-hybridized carbons (Fsp3) is 0.900. The van der Waals surface area contributed by atoms with E-state index in [1.807, 2.05) is 6.92 Å². The topological polar surface area (TPSA) is 43.4 Å². The van der Waals surface area contributed by atoms with E-state index in [2.05, 4.69) is 25.5 Å². The van der Waals surface area contributed by atoms with Crippen LogP contribution in [0.4, 0.5) is 0 Å². The van der Waals surface area contributed by atoms with E-state index in [0.717, 1.165) is 19.3 Å². The number of carbonyl (C=O) groups excluding carboxylic acids is 2. The number of esters is 2. The Kier molecular flexibility index (Phi) is 8.28. The summed E-state index contributed by atoms with van der Waals surface area (Å²) in [6, 6.07) is 0. The van der Waals surface area contributed by atoms with Crippen LogP contribution in [-0.4, -0.2) is 11.9 Å². The number of hydrogen-bond acceptors (Lipinski definition) is 3. The number of unbranched alkanes of at least 4 members (excludes halogenated alkanes) is 6. The normalized spacial score (nSPS) is 21.7. The minimum absolute atomic E-state index is 0.259. The molecule has 0 aliphatic carbocycles. The molecule has 0 spiro atoms. The average Bonchev–Trinajstić information content (AvgIpc) is 2.71. The maximum Gasteiger partial charge on any atom is 0.320 e. The molecule has 3 heteroatoms. The monoisotopic (exact) mass is 324 g/mol. The highest BCUT2D eigenvalue weighted by Crippen LogP contribution is 2.36. The maximum atomic E-state index is 11.7. The zero-order valence-corrected chi connectivity index (χ0v) is 15.7. The molecule has 1 rings (SSSR count). The molecule has 0 bridgehead atoms. The molecule has 1 aliphatic heterocycles. The van der Waals surface area contributed by atoms with Gasteiger partial charge in [-0.25, -0.2) is 0 Å². The first-order chi connectivity index (χ1) is 10.8. The molecule has 1 fully saturated rings. The van der Waals surface area contributed by atoms with Crippen molar-refractivity contribution in [3.63, 3.8) is 0 Å². The van der Waals surface area contributed by atoms with Crippen molar-refractivity contribution in [2.45, 2.75) is 105 Å². The van der Waals surface area contributed by atoms with Crippen LogP contribution in [0.5, 0.6) is 0 Å². The molecule has 0 aromatic heterocycles. The average molecular weight is 325 g/mol. The number of rotatable bonds is 12. The lowest BCUT2D eigenvalue weighted by molar-refractivity contribution is -0.155. The van der Waals surface area contributed by atoms with Gasteiger partial charge in [-0.1, -0.05) is 72.1 Å². The van der Waals surface area contributed by atoms with Gasteiger partial charge in [0.15, 0.2) is 0 Å². The van der Waals surface area contributed by atoms with Crippen LogP contribution in [0, 0.1) is 10.8 Å². The van der Waals surface area contributed by atoms with E-state index in [4.69, 9.17) is 0 Å². The van der Waals surface area contributed by atoms with Crippen molar-refractivity contribution >= 4 is 11.9 Å². The Morgan fingerprint density at radius 1 is 0.957 bits per heavy atom. The molecule has 1 heterocycles. The summed E-state index contributed by atoms with van der Waals surface area (Å²) in [6.07, 6.45) is 13.7. The van der Waals surface area contributed by atoms with E-state index in [1.54, 1.807) is 0 Å². The Balaban J connectivity index is 2.11. The summed E-state index contributed by atoms with van der Waals surface area (Å²) in [5.74, 6) is -0.684. The molecule has 1 unspecified atom stereocenters. The Morgan fingerprint density at radius 2 is 1.52 bits per heavy atom. The van der Waals surface area contributed by atoms with Crippen molar-refractivity contribution in [2.24, 2.45) is 10.8 Å². The molecular weight excluding hydrogens is 288 g/mol. The van der Waals surface area contributed by atoms with E-state index in [1.165, 1.54) is 51.4 Å². The van der Waals surface area contributed by atoms with Crippen LogP contribution in [0.2, 0.25) is 0 Å². The van der Waals surface area contributed by atoms with Crippen LogP contribution in [-0.2, 0) is 14.3 Å². The minimum Gasteiger partial charge on any atom is -0.393 e. The zero-order chi connectivity index (χ0) is 17.3. The molecule has 1 saturated heterocycles. The predicted molar refractivity (Wildman–Crippen MR) is 94.1 cm³/mol. The molecule has 134 valence electrons. The Bertz CT molecular complexity index is 386. The van der Waals surface area contributed by atoms with Gasteiger partial charge in [0.25, 0.3) is 0 Å². The van der Waals surface area contributed by atoms with E-state index in [-0.39, 0.29) is 18.4 Å². The maximum absolute atomic E-state index is 11.7. The van der Waals surface area contributed by atoms with E-state index in [0.29, 0.717) is 5.41 Å². The van der Waals surface area contributed by atoms with Crippen molar-refractivity contribution in [1.29, 1.82) is 0 Å². The highest BCUT2D eigenvalue weighted by Gasteiger charge is 2.44. The highest BCUT2D eigenvalue weighted by molar-refractivity contribution is 5.97. The molecule has 0 aromatic carbocycles. The quantitative estimate of drug-likeness (QED) is 0.259. The second-order valence-corrected chi connectivity index (χ2v) is 8.39. The SMILES string of the molecule is CCCCCCCC(C)(C)CCCCCC1(C)CC(=O)OC1=O. The molecule has 0 aromatic rings. The minimum atomic E-state index is -0.564. The van der Waals surface area contributed by atoms with Gasteiger partial charge in [0.2, 0.25) is 0 Å². The zero-order valence-electron chi connectivity index (χ0n) is 15.7. The van der Waals surface area contributed by atoms with Gasteiger partial charge in [0.1, 0.15) is 0 Å². The fourth-order valence-corrected chi connectivity index (χ4v) is 3.47. The summed E-state index contributed by atoms with van der Waals surface area (Å²) in [7, 11) is 0. The lowest BCUT2D eigenvalue weighted by atomic mass is 9.80. The molecule has 0 amide bonds. The van der Waals surface area contributed by atoms with Crippen molar-refractivity contribution in [3.8, 4) is 0 Å². The number of cyclic esters (lactones) is 2. The molecule has 0 saturated carbocycles. The van der Waals surface area contributed by atoms with Gasteiger partial charge in [-0.3, -0.25) is 9.59 Å². The van der Waals surface area contributed by atoms with Gasteiger partial charge in [0.05, 0.1) is 11.8 Å². The van der Waals surface area contributed by atoms with Gasteiger partial charge in [-0.05, 0) is 31.6 Å². The van der Waals surface area contributed by atoms with Gasteiger partial charge < -0.3 is 4.74 Å².